The summed E-state index contributed by atoms with van der Waals surface area (Å²) in [6.07, 6.45) is 8.99. The van der Waals surface area contributed by atoms with Crippen LogP contribution in [-0.2, 0) is 4.79 Å². The lowest BCUT2D eigenvalue weighted by Crippen LogP contribution is -2.48. The molecule has 92 valence electrons. The maximum absolute atomic E-state index is 11.7. The van der Waals surface area contributed by atoms with Crippen LogP contribution >= 0.6 is 0 Å². The van der Waals surface area contributed by atoms with E-state index in [4.69, 9.17) is 10.2 Å². The first-order valence-corrected chi connectivity index (χ1v) is 6.03. The van der Waals surface area contributed by atoms with Gasteiger partial charge in [-0.15, -0.1) is 0 Å². The summed E-state index contributed by atoms with van der Waals surface area (Å²) in [4.78, 5) is 11.7. The van der Waals surface area contributed by atoms with Crippen LogP contribution in [0.1, 0.15) is 31.4 Å². The SMILES string of the molecule is N[C@@H]1CCCC[C@H]1NC(=O)/C=C/c1ccco1. The highest BCUT2D eigenvalue weighted by molar-refractivity contribution is 5.91. The second-order valence-electron chi connectivity index (χ2n) is 4.41. The van der Waals surface area contributed by atoms with Gasteiger partial charge < -0.3 is 15.5 Å². The summed E-state index contributed by atoms with van der Waals surface area (Å²) < 4.78 is 5.10. The van der Waals surface area contributed by atoms with Crippen molar-refractivity contribution in [2.75, 3.05) is 0 Å². The van der Waals surface area contributed by atoms with Crippen LogP contribution in [0, 0.1) is 0 Å². The van der Waals surface area contributed by atoms with Gasteiger partial charge in [0, 0.05) is 18.2 Å². The molecule has 0 unspecified atom stereocenters. The molecule has 1 aliphatic carbocycles. The van der Waals surface area contributed by atoms with Crippen molar-refractivity contribution in [3.05, 3.63) is 30.2 Å². The van der Waals surface area contributed by atoms with E-state index in [0.717, 1.165) is 25.7 Å². The van der Waals surface area contributed by atoms with E-state index in [1.54, 1.807) is 24.5 Å². The highest BCUT2D eigenvalue weighted by Gasteiger charge is 2.22. The number of nitrogens with one attached hydrogen (secondary N) is 1. The summed E-state index contributed by atoms with van der Waals surface area (Å²) in [5.74, 6) is 0.567. The summed E-state index contributed by atoms with van der Waals surface area (Å²) in [6.45, 7) is 0. The Morgan fingerprint density at radius 1 is 1.47 bits per heavy atom. The molecule has 0 radical (unpaired) electrons. The minimum absolute atomic E-state index is 0.0877. The van der Waals surface area contributed by atoms with Crippen molar-refractivity contribution in [1.29, 1.82) is 0 Å². The summed E-state index contributed by atoms with van der Waals surface area (Å²) >= 11 is 0. The summed E-state index contributed by atoms with van der Waals surface area (Å²) in [6, 6.07) is 3.78. The minimum Gasteiger partial charge on any atom is -0.465 e. The van der Waals surface area contributed by atoms with Crippen LogP contribution in [0.2, 0.25) is 0 Å². The normalized spacial score (nSPS) is 25.0. The Labute approximate surface area is 101 Å². The van der Waals surface area contributed by atoms with Gasteiger partial charge in [0.2, 0.25) is 5.91 Å². The molecule has 4 nitrogen and oxygen atoms in total. The predicted molar refractivity (Wildman–Crippen MR) is 66.1 cm³/mol. The Balaban J connectivity index is 1.84. The number of hydrogen-bond acceptors (Lipinski definition) is 3. The number of carbonyl (C=O) groups is 1. The van der Waals surface area contributed by atoms with E-state index in [1.807, 2.05) is 0 Å². The molecular weight excluding hydrogens is 216 g/mol. The van der Waals surface area contributed by atoms with E-state index < -0.39 is 0 Å². The van der Waals surface area contributed by atoms with Crippen LogP contribution in [0.5, 0.6) is 0 Å². The van der Waals surface area contributed by atoms with E-state index in [1.165, 1.54) is 6.08 Å². The average Bonchev–Trinajstić information content (AvgIpc) is 2.82. The monoisotopic (exact) mass is 234 g/mol. The number of amides is 1. The van der Waals surface area contributed by atoms with Gasteiger partial charge in [0.1, 0.15) is 5.76 Å². The van der Waals surface area contributed by atoms with Crippen molar-refractivity contribution in [2.24, 2.45) is 5.73 Å². The summed E-state index contributed by atoms with van der Waals surface area (Å²) in [5, 5.41) is 2.94. The van der Waals surface area contributed by atoms with Gasteiger partial charge in [-0.25, -0.2) is 0 Å². The standard InChI is InChI=1S/C13H18N2O2/c14-11-5-1-2-6-12(11)15-13(16)8-7-10-4-3-9-17-10/h3-4,7-9,11-12H,1-2,5-6,14H2,(H,15,16)/b8-7+/t11-,12-/m1/s1. The Kier molecular flexibility index (Phi) is 3.98. The molecule has 1 aromatic rings. The highest BCUT2D eigenvalue weighted by atomic mass is 16.3. The van der Waals surface area contributed by atoms with Crippen LogP contribution in [0.15, 0.2) is 28.9 Å². The zero-order valence-corrected chi connectivity index (χ0v) is 9.76. The molecule has 0 saturated heterocycles. The molecule has 1 aromatic heterocycles. The second kappa shape index (κ2) is 5.68. The quantitative estimate of drug-likeness (QED) is 0.782. The lowest BCUT2D eigenvalue weighted by Gasteiger charge is -2.28. The third-order valence-corrected chi connectivity index (χ3v) is 3.09. The van der Waals surface area contributed by atoms with Crippen molar-refractivity contribution < 1.29 is 9.21 Å². The van der Waals surface area contributed by atoms with Crippen LogP contribution in [0.25, 0.3) is 6.08 Å². The van der Waals surface area contributed by atoms with Crippen LogP contribution in [0.4, 0.5) is 0 Å². The third-order valence-electron chi connectivity index (χ3n) is 3.09. The highest BCUT2D eigenvalue weighted by Crippen LogP contribution is 2.16. The van der Waals surface area contributed by atoms with Gasteiger partial charge in [0.05, 0.1) is 6.26 Å². The molecule has 1 saturated carbocycles. The van der Waals surface area contributed by atoms with Gasteiger partial charge in [-0.3, -0.25) is 4.79 Å². The molecule has 1 fully saturated rings. The molecule has 1 heterocycles. The number of nitrogens with two attached hydrogens (primary N) is 1. The smallest absolute Gasteiger partial charge is 0.244 e. The molecule has 1 aliphatic rings. The Morgan fingerprint density at radius 3 is 3.00 bits per heavy atom. The van der Waals surface area contributed by atoms with E-state index in [2.05, 4.69) is 5.32 Å². The molecular formula is C13H18N2O2. The van der Waals surface area contributed by atoms with Gasteiger partial charge in [-0.1, -0.05) is 12.8 Å². The maximum atomic E-state index is 11.7. The van der Waals surface area contributed by atoms with Gasteiger partial charge >= 0.3 is 0 Å². The van der Waals surface area contributed by atoms with Crippen LogP contribution in [0.3, 0.4) is 0 Å². The maximum Gasteiger partial charge on any atom is 0.244 e. The van der Waals surface area contributed by atoms with E-state index in [9.17, 15) is 4.79 Å². The Hall–Kier alpha value is -1.55. The predicted octanol–water partition coefficient (Wildman–Crippen LogP) is 1.68. The van der Waals surface area contributed by atoms with E-state index in [0.29, 0.717) is 5.76 Å². The number of carbonyl (C=O) groups excluding carboxylic acids is 1. The Bertz CT molecular complexity index is 384. The van der Waals surface area contributed by atoms with Gasteiger partial charge in [-0.2, -0.15) is 0 Å². The topological polar surface area (TPSA) is 68.3 Å². The number of furan rings is 1. The summed E-state index contributed by atoms with van der Waals surface area (Å²) in [5.41, 5.74) is 5.96. The third kappa shape index (κ3) is 3.46. The molecule has 2 atom stereocenters. The van der Waals surface area contributed by atoms with Gasteiger partial charge in [0.15, 0.2) is 0 Å². The van der Waals surface area contributed by atoms with Crippen molar-refractivity contribution in [1.82, 2.24) is 5.32 Å². The lowest BCUT2D eigenvalue weighted by molar-refractivity contribution is -0.117. The molecule has 0 aliphatic heterocycles. The molecule has 1 amide bonds. The summed E-state index contributed by atoms with van der Waals surface area (Å²) in [7, 11) is 0. The zero-order chi connectivity index (χ0) is 12.1. The molecule has 0 spiro atoms. The van der Waals surface area contributed by atoms with Gasteiger partial charge in [0.25, 0.3) is 0 Å². The molecule has 0 aromatic carbocycles. The first-order valence-electron chi connectivity index (χ1n) is 6.03. The second-order valence-corrected chi connectivity index (χ2v) is 4.41. The largest absolute Gasteiger partial charge is 0.465 e. The molecule has 4 heteroatoms. The van der Waals surface area contributed by atoms with Gasteiger partial charge in [-0.05, 0) is 31.1 Å². The van der Waals surface area contributed by atoms with Crippen molar-refractivity contribution in [3.63, 3.8) is 0 Å². The van der Waals surface area contributed by atoms with Crippen molar-refractivity contribution in [3.8, 4) is 0 Å². The molecule has 3 N–H and O–H groups in total. The van der Waals surface area contributed by atoms with E-state index >= 15 is 0 Å². The first kappa shape index (κ1) is 11.9. The van der Waals surface area contributed by atoms with Crippen molar-refractivity contribution >= 4 is 12.0 Å². The number of rotatable bonds is 3. The molecule has 2 rings (SSSR count). The average molecular weight is 234 g/mol. The zero-order valence-electron chi connectivity index (χ0n) is 9.76. The molecule has 0 bridgehead atoms. The molecule has 17 heavy (non-hydrogen) atoms. The van der Waals surface area contributed by atoms with Crippen molar-refractivity contribution in [2.45, 2.75) is 37.8 Å². The Morgan fingerprint density at radius 2 is 2.29 bits per heavy atom. The lowest BCUT2D eigenvalue weighted by atomic mass is 9.91. The first-order chi connectivity index (χ1) is 8.25. The van der Waals surface area contributed by atoms with Crippen LogP contribution < -0.4 is 11.1 Å². The fourth-order valence-corrected chi connectivity index (χ4v) is 2.11. The van der Waals surface area contributed by atoms with E-state index in [-0.39, 0.29) is 18.0 Å². The van der Waals surface area contributed by atoms with Crippen LogP contribution in [-0.4, -0.2) is 18.0 Å². The fourth-order valence-electron chi connectivity index (χ4n) is 2.11. The fraction of sp³-hybridized carbons (Fsp3) is 0.462. The number of hydrogen-bond donors (Lipinski definition) is 2. The minimum atomic E-state index is -0.108.